The standard InChI is InChI=1S/C31H43N5O4/c1-22(2)30-32-29(40-34-30)20-35-16-12-23(13-17-35)21-39-28-10-8-25(9-11-28)24-4-6-26(7-5-24)31(37)36-18-14-27(15-19-36)33-38-3/h4,8-11,22-23,26H,5-7,12-21H2,1-3H3. The first-order chi connectivity index (χ1) is 19.5. The van der Waals surface area contributed by atoms with Crippen LogP contribution in [0.4, 0.5) is 0 Å². The molecule has 2 aliphatic heterocycles. The number of aromatic nitrogens is 2. The molecule has 2 saturated heterocycles. The smallest absolute Gasteiger partial charge is 0.240 e. The van der Waals surface area contributed by atoms with Gasteiger partial charge >= 0.3 is 0 Å². The number of allylic oxidation sites excluding steroid dienone is 2. The molecule has 9 heteroatoms. The van der Waals surface area contributed by atoms with E-state index in [0.717, 1.165) is 102 Å². The summed E-state index contributed by atoms with van der Waals surface area (Å²) in [5, 5.41) is 8.12. The van der Waals surface area contributed by atoms with Gasteiger partial charge in [0.2, 0.25) is 11.8 Å². The average molecular weight is 550 g/mol. The number of carbonyl (C=O) groups is 1. The van der Waals surface area contributed by atoms with Gasteiger partial charge in [-0.2, -0.15) is 4.98 Å². The van der Waals surface area contributed by atoms with E-state index >= 15 is 0 Å². The lowest BCUT2D eigenvalue weighted by atomic mass is 9.85. The van der Waals surface area contributed by atoms with Gasteiger partial charge < -0.3 is 19.0 Å². The Labute approximate surface area is 237 Å². The first kappa shape index (κ1) is 28.3. The molecule has 2 fully saturated rings. The second-order valence-corrected chi connectivity index (χ2v) is 11.6. The number of likely N-dealkylation sites (tertiary alicyclic amines) is 2. The number of piperidine rings is 2. The van der Waals surface area contributed by atoms with Crippen molar-refractivity contribution in [2.75, 3.05) is 39.9 Å². The van der Waals surface area contributed by atoms with Crippen molar-refractivity contribution >= 4 is 17.2 Å². The number of ether oxygens (including phenoxy) is 1. The van der Waals surface area contributed by atoms with E-state index in [1.165, 1.54) is 11.1 Å². The van der Waals surface area contributed by atoms with Gasteiger partial charge in [0.15, 0.2) is 5.82 Å². The van der Waals surface area contributed by atoms with Crippen LogP contribution in [0.1, 0.15) is 82.0 Å². The number of hydrogen-bond donors (Lipinski definition) is 0. The van der Waals surface area contributed by atoms with E-state index in [0.29, 0.717) is 11.8 Å². The molecule has 216 valence electrons. The van der Waals surface area contributed by atoms with Crippen LogP contribution in [0.15, 0.2) is 40.0 Å². The minimum Gasteiger partial charge on any atom is -0.493 e. The van der Waals surface area contributed by atoms with E-state index in [9.17, 15) is 4.79 Å². The summed E-state index contributed by atoms with van der Waals surface area (Å²) in [6.07, 6.45) is 8.74. The molecular weight excluding hydrogens is 506 g/mol. The summed E-state index contributed by atoms with van der Waals surface area (Å²) in [6.45, 7) is 9.15. The normalized spacial score (nSPS) is 20.9. The Morgan fingerprint density at radius 3 is 2.45 bits per heavy atom. The van der Waals surface area contributed by atoms with E-state index in [4.69, 9.17) is 14.1 Å². The number of benzene rings is 1. The molecule has 3 heterocycles. The first-order valence-corrected chi connectivity index (χ1v) is 14.8. The molecule has 0 radical (unpaired) electrons. The van der Waals surface area contributed by atoms with Gasteiger partial charge in [0.05, 0.1) is 18.9 Å². The fraction of sp³-hybridized carbons (Fsp3) is 0.613. The molecular formula is C31H43N5O4. The molecule has 3 aliphatic rings. The largest absolute Gasteiger partial charge is 0.493 e. The predicted octanol–water partition coefficient (Wildman–Crippen LogP) is 5.29. The lowest BCUT2D eigenvalue weighted by molar-refractivity contribution is -0.135. The fourth-order valence-electron chi connectivity index (χ4n) is 5.83. The van der Waals surface area contributed by atoms with E-state index in [1.54, 1.807) is 7.11 Å². The third-order valence-electron chi connectivity index (χ3n) is 8.41. The number of rotatable bonds is 9. The predicted molar refractivity (Wildman–Crippen MR) is 154 cm³/mol. The van der Waals surface area contributed by atoms with Gasteiger partial charge in [-0.05, 0) is 74.4 Å². The summed E-state index contributed by atoms with van der Waals surface area (Å²) in [6, 6.07) is 8.47. The third-order valence-corrected chi connectivity index (χ3v) is 8.41. The number of oxime groups is 1. The monoisotopic (exact) mass is 549 g/mol. The minimum atomic E-state index is 0.0863. The van der Waals surface area contributed by atoms with Crippen LogP contribution in [-0.4, -0.2) is 71.5 Å². The van der Waals surface area contributed by atoms with Gasteiger partial charge in [-0.25, -0.2) is 0 Å². The molecule has 0 spiro atoms. The average Bonchev–Trinajstić information content (AvgIpc) is 3.46. The molecule has 1 amide bonds. The summed E-state index contributed by atoms with van der Waals surface area (Å²) < 4.78 is 11.6. The van der Waals surface area contributed by atoms with E-state index in [2.05, 4.69) is 64.4 Å². The Morgan fingerprint density at radius 2 is 1.82 bits per heavy atom. The van der Waals surface area contributed by atoms with Crippen molar-refractivity contribution in [1.82, 2.24) is 19.9 Å². The van der Waals surface area contributed by atoms with Crippen molar-refractivity contribution in [1.29, 1.82) is 0 Å². The molecule has 5 rings (SSSR count). The van der Waals surface area contributed by atoms with Crippen LogP contribution in [0.2, 0.25) is 0 Å². The van der Waals surface area contributed by atoms with Crippen molar-refractivity contribution in [2.45, 2.75) is 71.3 Å². The Bertz CT molecular complexity index is 1170. The Kier molecular flexibility index (Phi) is 9.52. The molecule has 0 saturated carbocycles. The van der Waals surface area contributed by atoms with Gasteiger partial charge in [0, 0.05) is 37.8 Å². The van der Waals surface area contributed by atoms with Crippen LogP contribution in [0.5, 0.6) is 5.75 Å². The highest BCUT2D eigenvalue weighted by Gasteiger charge is 2.28. The summed E-state index contributed by atoms with van der Waals surface area (Å²) in [5.41, 5.74) is 3.61. The highest BCUT2D eigenvalue weighted by molar-refractivity contribution is 5.88. The van der Waals surface area contributed by atoms with Gasteiger partial charge in [-0.3, -0.25) is 9.69 Å². The van der Waals surface area contributed by atoms with Crippen molar-refractivity contribution in [3.63, 3.8) is 0 Å². The van der Waals surface area contributed by atoms with E-state index in [1.807, 2.05) is 4.90 Å². The molecule has 1 aromatic heterocycles. The van der Waals surface area contributed by atoms with Crippen LogP contribution in [0, 0.1) is 11.8 Å². The number of carbonyl (C=O) groups excluding carboxylic acids is 1. The van der Waals surface area contributed by atoms with Crippen LogP contribution in [0.25, 0.3) is 5.57 Å². The number of amides is 1. The second-order valence-electron chi connectivity index (χ2n) is 11.6. The molecule has 9 nitrogen and oxygen atoms in total. The maximum absolute atomic E-state index is 13.0. The quantitative estimate of drug-likeness (QED) is 0.392. The highest BCUT2D eigenvalue weighted by Crippen LogP contribution is 2.32. The molecule has 1 aliphatic carbocycles. The third kappa shape index (κ3) is 7.30. The number of hydrogen-bond acceptors (Lipinski definition) is 8. The molecule has 40 heavy (non-hydrogen) atoms. The topological polar surface area (TPSA) is 93.3 Å². The summed E-state index contributed by atoms with van der Waals surface area (Å²) in [7, 11) is 1.57. The fourth-order valence-corrected chi connectivity index (χ4v) is 5.83. The minimum absolute atomic E-state index is 0.0863. The maximum atomic E-state index is 13.0. The zero-order valence-corrected chi connectivity index (χ0v) is 24.2. The van der Waals surface area contributed by atoms with Crippen LogP contribution < -0.4 is 4.74 Å². The summed E-state index contributed by atoms with van der Waals surface area (Å²) in [4.78, 5) is 26.8. The molecule has 0 bridgehead atoms. The Balaban J connectivity index is 1.03. The van der Waals surface area contributed by atoms with Gasteiger partial charge in [-0.15, -0.1) is 0 Å². The van der Waals surface area contributed by atoms with Crippen molar-refractivity contribution in [3.8, 4) is 5.75 Å². The zero-order valence-electron chi connectivity index (χ0n) is 24.2. The van der Waals surface area contributed by atoms with Gasteiger partial charge in [0.25, 0.3) is 0 Å². The van der Waals surface area contributed by atoms with Crippen LogP contribution in [0.3, 0.4) is 0 Å². The molecule has 2 aromatic rings. The molecule has 0 N–H and O–H groups in total. The maximum Gasteiger partial charge on any atom is 0.240 e. The Morgan fingerprint density at radius 1 is 1.07 bits per heavy atom. The van der Waals surface area contributed by atoms with E-state index in [-0.39, 0.29) is 17.7 Å². The van der Waals surface area contributed by atoms with Crippen molar-refractivity contribution < 1.29 is 18.9 Å². The highest BCUT2D eigenvalue weighted by atomic mass is 16.6. The lowest BCUT2D eigenvalue weighted by Gasteiger charge is -2.32. The van der Waals surface area contributed by atoms with Crippen molar-refractivity contribution in [2.24, 2.45) is 17.0 Å². The number of nitrogens with zero attached hydrogens (tertiary/aromatic N) is 5. The summed E-state index contributed by atoms with van der Waals surface area (Å²) >= 11 is 0. The van der Waals surface area contributed by atoms with Crippen LogP contribution >= 0.6 is 0 Å². The summed E-state index contributed by atoms with van der Waals surface area (Å²) in [5.74, 6) is 3.63. The molecule has 1 atom stereocenters. The Hall–Kier alpha value is -3.20. The van der Waals surface area contributed by atoms with Gasteiger partial charge in [0.1, 0.15) is 12.9 Å². The lowest BCUT2D eigenvalue weighted by Crippen LogP contribution is -2.42. The molecule has 1 unspecified atom stereocenters. The van der Waals surface area contributed by atoms with Crippen molar-refractivity contribution in [3.05, 3.63) is 47.6 Å². The van der Waals surface area contributed by atoms with Crippen LogP contribution in [-0.2, 0) is 16.2 Å². The van der Waals surface area contributed by atoms with E-state index < -0.39 is 0 Å². The molecule has 1 aromatic carbocycles. The zero-order chi connectivity index (χ0) is 27.9. The second kappa shape index (κ2) is 13.4. The SMILES string of the molecule is CON=C1CCN(C(=O)C2CC=C(c3ccc(OCC4CCN(Cc5nc(C(C)C)no5)CC4)cc3)CC2)CC1. The van der Waals surface area contributed by atoms with Gasteiger partial charge in [-0.1, -0.05) is 42.4 Å². The first-order valence-electron chi connectivity index (χ1n) is 14.8.